The lowest BCUT2D eigenvalue weighted by atomic mass is 9.92. The standard InChI is InChI=1S/C27H22FNO6S/c28-19-4-6-20(7-5-19)29-25(16-1-8-21(9-2-16)35-14-24(31)32)26(27(29)33)36-15-22(30)17-3-10-23-18(13-17)11-12-34-23/h1-10,13,25-26H,11-12,14-15H2,(H,31,32). The molecule has 5 rings (SSSR count). The number of β-lactam (4-membered cyclic amide) rings is 1. The number of Topliss-reactive ketones (excluding diaryl/α,β-unsaturated/α-hetero) is 1. The number of ketones is 1. The van der Waals surface area contributed by atoms with Crippen LogP contribution in [0.1, 0.15) is 27.5 Å². The van der Waals surface area contributed by atoms with Gasteiger partial charge in [-0.1, -0.05) is 12.1 Å². The van der Waals surface area contributed by atoms with Gasteiger partial charge in [-0.25, -0.2) is 9.18 Å². The first-order valence-corrected chi connectivity index (χ1v) is 12.4. The van der Waals surface area contributed by atoms with Crippen molar-refractivity contribution in [2.24, 2.45) is 0 Å². The second kappa shape index (κ2) is 10.0. The molecule has 0 spiro atoms. The number of benzene rings is 3. The summed E-state index contributed by atoms with van der Waals surface area (Å²) in [6, 6.07) is 17.5. The highest BCUT2D eigenvalue weighted by Crippen LogP contribution is 2.45. The fourth-order valence-corrected chi connectivity index (χ4v) is 5.57. The molecule has 0 aliphatic carbocycles. The number of carbonyl (C=O) groups is 3. The molecule has 2 heterocycles. The SMILES string of the molecule is O=C(O)COc1ccc(C2C(SCC(=O)c3ccc4c(c3)CCO4)C(=O)N2c2ccc(F)cc2)cc1. The van der Waals surface area contributed by atoms with Crippen molar-refractivity contribution in [3.63, 3.8) is 0 Å². The Morgan fingerprint density at radius 1 is 1.08 bits per heavy atom. The summed E-state index contributed by atoms with van der Waals surface area (Å²) in [6.45, 7) is 0.151. The second-order valence-electron chi connectivity index (χ2n) is 8.46. The van der Waals surface area contributed by atoms with Gasteiger partial charge in [-0.3, -0.25) is 9.59 Å². The Hall–Kier alpha value is -3.85. The minimum atomic E-state index is -1.08. The molecule has 2 aliphatic rings. The molecule has 2 atom stereocenters. The normalized spacial score (nSPS) is 18.2. The predicted octanol–water partition coefficient (Wildman–Crippen LogP) is 4.30. The van der Waals surface area contributed by atoms with Gasteiger partial charge in [-0.2, -0.15) is 0 Å². The Morgan fingerprint density at radius 3 is 2.56 bits per heavy atom. The number of carboxylic acids is 1. The van der Waals surface area contributed by atoms with Gasteiger partial charge in [0.15, 0.2) is 12.4 Å². The molecule has 2 aliphatic heterocycles. The van der Waals surface area contributed by atoms with Gasteiger partial charge in [0.05, 0.1) is 18.4 Å². The van der Waals surface area contributed by atoms with E-state index in [2.05, 4.69) is 0 Å². The zero-order chi connectivity index (χ0) is 25.2. The quantitative estimate of drug-likeness (QED) is 0.341. The number of nitrogens with zero attached hydrogens (tertiary/aromatic N) is 1. The molecule has 0 saturated carbocycles. The van der Waals surface area contributed by atoms with E-state index in [1.54, 1.807) is 47.4 Å². The number of anilines is 1. The van der Waals surface area contributed by atoms with Gasteiger partial charge in [-0.15, -0.1) is 11.8 Å². The third-order valence-electron chi connectivity index (χ3n) is 6.14. The van der Waals surface area contributed by atoms with Crippen LogP contribution in [0.4, 0.5) is 10.1 Å². The molecule has 0 aromatic heterocycles. The number of carboxylic acid groups (broad SMARTS) is 1. The lowest BCUT2D eigenvalue weighted by Gasteiger charge is -2.47. The first-order valence-electron chi connectivity index (χ1n) is 11.3. The molecule has 0 bridgehead atoms. The summed E-state index contributed by atoms with van der Waals surface area (Å²) in [4.78, 5) is 38.4. The number of fused-ring (bicyclic) bond motifs is 1. The second-order valence-corrected chi connectivity index (χ2v) is 9.59. The molecule has 1 amide bonds. The van der Waals surface area contributed by atoms with Crippen LogP contribution in [-0.4, -0.2) is 47.0 Å². The summed E-state index contributed by atoms with van der Waals surface area (Å²) in [5.74, 6) is -0.400. The molecule has 1 N–H and O–H groups in total. The van der Waals surface area contributed by atoms with Crippen LogP contribution in [0.3, 0.4) is 0 Å². The van der Waals surface area contributed by atoms with Crippen LogP contribution in [0, 0.1) is 5.82 Å². The summed E-state index contributed by atoms with van der Waals surface area (Å²) in [5, 5.41) is 8.30. The van der Waals surface area contributed by atoms with Crippen LogP contribution in [0.2, 0.25) is 0 Å². The monoisotopic (exact) mass is 507 g/mol. The van der Waals surface area contributed by atoms with Crippen molar-refractivity contribution in [3.05, 3.63) is 89.2 Å². The molecular formula is C27H22FNO6S. The summed E-state index contributed by atoms with van der Waals surface area (Å²) < 4.78 is 24.2. The predicted molar refractivity (Wildman–Crippen MR) is 132 cm³/mol. The van der Waals surface area contributed by atoms with Crippen molar-refractivity contribution in [3.8, 4) is 11.5 Å². The zero-order valence-corrected chi connectivity index (χ0v) is 19.9. The molecule has 184 valence electrons. The summed E-state index contributed by atoms with van der Waals surface area (Å²) in [6.07, 6.45) is 0.769. The van der Waals surface area contributed by atoms with Gasteiger partial charge < -0.3 is 19.5 Å². The maximum Gasteiger partial charge on any atom is 0.341 e. The molecule has 3 aromatic rings. The van der Waals surface area contributed by atoms with E-state index in [0.717, 1.165) is 23.3 Å². The summed E-state index contributed by atoms with van der Waals surface area (Å²) >= 11 is 1.28. The van der Waals surface area contributed by atoms with Crippen LogP contribution >= 0.6 is 11.8 Å². The molecule has 7 nitrogen and oxygen atoms in total. The van der Waals surface area contributed by atoms with E-state index in [1.807, 2.05) is 12.1 Å². The Labute approximate surface area is 210 Å². The largest absolute Gasteiger partial charge is 0.493 e. The van der Waals surface area contributed by atoms with Gasteiger partial charge in [0.2, 0.25) is 5.91 Å². The van der Waals surface area contributed by atoms with Gasteiger partial charge in [0.1, 0.15) is 22.6 Å². The van der Waals surface area contributed by atoms with Crippen molar-refractivity contribution in [1.82, 2.24) is 0 Å². The lowest BCUT2D eigenvalue weighted by molar-refractivity contribution is -0.139. The molecule has 9 heteroatoms. The van der Waals surface area contributed by atoms with E-state index in [-0.39, 0.29) is 23.5 Å². The highest BCUT2D eigenvalue weighted by atomic mass is 32.2. The number of amides is 1. The molecule has 1 fully saturated rings. The number of halogens is 1. The van der Waals surface area contributed by atoms with E-state index in [0.29, 0.717) is 23.6 Å². The van der Waals surface area contributed by atoms with Crippen molar-refractivity contribution >= 4 is 35.1 Å². The fourth-order valence-electron chi connectivity index (χ4n) is 4.35. The highest BCUT2D eigenvalue weighted by Gasteiger charge is 2.49. The number of thioether (sulfide) groups is 1. The minimum Gasteiger partial charge on any atom is -0.493 e. The number of hydrogen-bond donors (Lipinski definition) is 1. The van der Waals surface area contributed by atoms with Gasteiger partial charge in [0.25, 0.3) is 0 Å². The maximum absolute atomic E-state index is 13.5. The molecule has 0 radical (unpaired) electrons. The van der Waals surface area contributed by atoms with Crippen LogP contribution < -0.4 is 14.4 Å². The number of aliphatic carboxylic acids is 1. The third-order valence-corrected chi connectivity index (χ3v) is 7.39. The first-order chi connectivity index (χ1) is 17.4. The Kier molecular flexibility index (Phi) is 6.65. The van der Waals surface area contributed by atoms with Crippen molar-refractivity contribution in [2.45, 2.75) is 17.7 Å². The molecule has 36 heavy (non-hydrogen) atoms. The lowest BCUT2D eigenvalue weighted by Crippen LogP contribution is -2.57. The van der Waals surface area contributed by atoms with Crippen LogP contribution in [0.25, 0.3) is 0 Å². The third kappa shape index (κ3) is 4.79. The van der Waals surface area contributed by atoms with Crippen LogP contribution in [0.15, 0.2) is 66.7 Å². The van der Waals surface area contributed by atoms with E-state index in [1.165, 1.54) is 23.9 Å². The zero-order valence-electron chi connectivity index (χ0n) is 19.1. The van der Waals surface area contributed by atoms with Gasteiger partial charge in [0, 0.05) is 17.7 Å². The molecular weight excluding hydrogens is 485 g/mol. The number of carbonyl (C=O) groups excluding carboxylic acids is 2. The Bertz CT molecular complexity index is 1310. The Morgan fingerprint density at radius 2 is 1.83 bits per heavy atom. The number of hydrogen-bond acceptors (Lipinski definition) is 6. The van der Waals surface area contributed by atoms with E-state index >= 15 is 0 Å². The summed E-state index contributed by atoms with van der Waals surface area (Å²) in [5.41, 5.74) is 2.95. The topological polar surface area (TPSA) is 93.1 Å². The highest BCUT2D eigenvalue weighted by molar-refractivity contribution is 8.01. The maximum atomic E-state index is 13.5. The average molecular weight is 508 g/mol. The van der Waals surface area contributed by atoms with Crippen molar-refractivity contribution in [2.75, 3.05) is 23.9 Å². The minimum absolute atomic E-state index is 0.0705. The van der Waals surface area contributed by atoms with Crippen molar-refractivity contribution in [1.29, 1.82) is 0 Å². The molecule has 2 unspecified atom stereocenters. The van der Waals surface area contributed by atoms with E-state index in [9.17, 15) is 18.8 Å². The van der Waals surface area contributed by atoms with Crippen LogP contribution in [0.5, 0.6) is 11.5 Å². The van der Waals surface area contributed by atoms with E-state index in [4.69, 9.17) is 14.6 Å². The first kappa shape index (κ1) is 23.9. The summed E-state index contributed by atoms with van der Waals surface area (Å²) in [7, 11) is 0. The van der Waals surface area contributed by atoms with Crippen LogP contribution in [-0.2, 0) is 16.0 Å². The molecule has 3 aromatic carbocycles. The van der Waals surface area contributed by atoms with Crippen molar-refractivity contribution < 1.29 is 33.4 Å². The van der Waals surface area contributed by atoms with Gasteiger partial charge in [-0.05, 0) is 65.7 Å². The molecule has 1 saturated heterocycles. The number of ether oxygens (including phenoxy) is 2. The number of rotatable bonds is 9. The average Bonchev–Trinajstić information content (AvgIpc) is 3.35. The smallest absolute Gasteiger partial charge is 0.341 e. The Balaban J connectivity index is 1.34. The van der Waals surface area contributed by atoms with Gasteiger partial charge >= 0.3 is 5.97 Å². The fraction of sp³-hybridized carbons (Fsp3) is 0.222. The van der Waals surface area contributed by atoms with E-state index < -0.39 is 23.6 Å².